The van der Waals surface area contributed by atoms with Gasteiger partial charge in [-0.15, -0.1) is 0 Å². The molecule has 1 atom stereocenters. The van der Waals surface area contributed by atoms with Crippen molar-refractivity contribution >= 4 is 34.6 Å². The fourth-order valence-corrected chi connectivity index (χ4v) is 2.59. The molecule has 0 saturated heterocycles. The number of allylic oxidation sites excluding steroid dienone is 3. The number of aromatic nitrogens is 2. The van der Waals surface area contributed by atoms with Crippen LogP contribution < -0.4 is 5.32 Å². The van der Waals surface area contributed by atoms with Crippen molar-refractivity contribution in [1.29, 1.82) is 0 Å². The van der Waals surface area contributed by atoms with Gasteiger partial charge in [-0.25, -0.2) is 9.37 Å². The predicted molar refractivity (Wildman–Crippen MR) is 89.6 cm³/mol. The molecule has 0 spiro atoms. The molecule has 0 saturated carbocycles. The van der Waals surface area contributed by atoms with Crippen molar-refractivity contribution in [2.24, 2.45) is 5.92 Å². The number of rotatable bonds is 4. The molecule has 0 bridgehead atoms. The first-order valence-corrected chi connectivity index (χ1v) is 7.61. The molecule has 2 N–H and O–H groups in total. The molecular formula is C17H15ClFN3O. The Morgan fingerprint density at radius 3 is 3.26 bits per heavy atom. The molecule has 1 aliphatic rings. The summed E-state index contributed by atoms with van der Waals surface area (Å²) in [6.07, 6.45) is 11.8. The molecule has 1 aliphatic carbocycles. The molecule has 0 aromatic carbocycles. The number of hydrogen-bond acceptors (Lipinski definition) is 2. The maximum atomic E-state index is 13.1. The third kappa shape index (κ3) is 3.87. The van der Waals surface area contributed by atoms with Crippen LogP contribution in [0, 0.1) is 5.92 Å². The summed E-state index contributed by atoms with van der Waals surface area (Å²) in [5.41, 5.74) is 1.54. The zero-order chi connectivity index (χ0) is 16.2. The number of aromatic amines is 1. The normalized spacial score (nSPS) is 17.7. The van der Waals surface area contributed by atoms with Crippen molar-refractivity contribution in [2.45, 2.75) is 6.42 Å². The lowest BCUT2D eigenvalue weighted by Crippen LogP contribution is -2.27. The third-order valence-corrected chi connectivity index (χ3v) is 3.81. The summed E-state index contributed by atoms with van der Waals surface area (Å²) in [6, 6.07) is 1.79. The molecule has 1 unspecified atom stereocenters. The maximum absolute atomic E-state index is 13.1. The predicted octanol–water partition coefficient (Wildman–Crippen LogP) is 3.78. The van der Waals surface area contributed by atoms with Crippen molar-refractivity contribution in [3.63, 3.8) is 0 Å². The molecule has 23 heavy (non-hydrogen) atoms. The van der Waals surface area contributed by atoms with Crippen LogP contribution in [0.25, 0.3) is 17.1 Å². The smallest absolute Gasteiger partial charge is 0.244 e. The summed E-state index contributed by atoms with van der Waals surface area (Å²) in [5, 5.41) is 4.16. The van der Waals surface area contributed by atoms with Crippen molar-refractivity contribution in [1.82, 2.24) is 15.3 Å². The Morgan fingerprint density at radius 2 is 2.43 bits per heavy atom. The number of pyridine rings is 1. The van der Waals surface area contributed by atoms with Gasteiger partial charge in [0.1, 0.15) is 11.5 Å². The van der Waals surface area contributed by atoms with Crippen molar-refractivity contribution in [2.75, 3.05) is 6.54 Å². The highest BCUT2D eigenvalue weighted by Gasteiger charge is 2.11. The van der Waals surface area contributed by atoms with Crippen LogP contribution in [-0.2, 0) is 4.79 Å². The molecule has 0 fully saturated rings. The molecule has 2 aromatic rings. The van der Waals surface area contributed by atoms with Crippen LogP contribution in [0.3, 0.4) is 0 Å². The number of nitrogens with zero attached hydrogens (tertiary/aromatic N) is 1. The topological polar surface area (TPSA) is 57.8 Å². The van der Waals surface area contributed by atoms with Crippen LogP contribution >= 0.6 is 11.6 Å². The van der Waals surface area contributed by atoms with Crippen LogP contribution in [0.15, 0.2) is 48.6 Å². The maximum Gasteiger partial charge on any atom is 0.244 e. The van der Waals surface area contributed by atoms with E-state index in [9.17, 15) is 9.18 Å². The number of H-pyrrole nitrogens is 1. The lowest BCUT2D eigenvalue weighted by molar-refractivity contribution is -0.116. The van der Waals surface area contributed by atoms with Gasteiger partial charge in [-0.1, -0.05) is 23.8 Å². The Kier molecular flexibility index (Phi) is 4.57. The van der Waals surface area contributed by atoms with E-state index in [2.05, 4.69) is 15.3 Å². The van der Waals surface area contributed by atoms with Gasteiger partial charge in [0.05, 0.1) is 5.02 Å². The minimum atomic E-state index is -0.224. The molecular weight excluding hydrogens is 317 g/mol. The van der Waals surface area contributed by atoms with Crippen molar-refractivity contribution in [3.05, 3.63) is 59.2 Å². The molecule has 1 amide bonds. The lowest BCUT2D eigenvalue weighted by Gasteiger charge is -2.14. The molecule has 2 aromatic heterocycles. The fraction of sp³-hybridized carbons (Fsp3) is 0.176. The average molecular weight is 332 g/mol. The van der Waals surface area contributed by atoms with Crippen LogP contribution in [-0.4, -0.2) is 22.4 Å². The highest BCUT2D eigenvalue weighted by Crippen LogP contribution is 2.21. The van der Waals surface area contributed by atoms with E-state index in [-0.39, 0.29) is 17.7 Å². The molecule has 4 nitrogen and oxygen atoms in total. The summed E-state index contributed by atoms with van der Waals surface area (Å²) in [6.45, 7) is 0.405. The third-order valence-electron chi connectivity index (χ3n) is 3.60. The Bertz CT molecular complexity index is 822. The second kappa shape index (κ2) is 6.79. The van der Waals surface area contributed by atoms with Crippen LogP contribution in [0.1, 0.15) is 12.0 Å². The largest absolute Gasteiger partial charge is 0.352 e. The highest BCUT2D eigenvalue weighted by molar-refractivity contribution is 6.31. The van der Waals surface area contributed by atoms with E-state index >= 15 is 0 Å². The number of carbonyl (C=O) groups is 1. The molecule has 2 heterocycles. The zero-order valence-electron chi connectivity index (χ0n) is 12.2. The van der Waals surface area contributed by atoms with Gasteiger partial charge in [-0.3, -0.25) is 4.79 Å². The second-order valence-corrected chi connectivity index (χ2v) is 5.77. The quantitative estimate of drug-likeness (QED) is 0.838. The van der Waals surface area contributed by atoms with Crippen molar-refractivity contribution < 1.29 is 9.18 Å². The van der Waals surface area contributed by atoms with Gasteiger partial charge in [-0.05, 0) is 18.2 Å². The number of hydrogen-bond donors (Lipinski definition) is 2. The van der Waals surface area contributed by atoms with Crippen LogP contribution in [0.5, 0.6) is 0 Å². The number of halogens is 2. The summed E-state index contributed by atoms with van der Waals surface area (Å²) in [5.74, 6) is -0.392. The minimum Gasteiger partial charge on any atom is -0.352 e. The fourth-order valence-electron chi connectivity index (χ4n) is 2.44. The van der Waals surface area contributed by atoms with Gasteiger partial charge >= 0.3 is 0 Å². The number of nitrogens with one attached hydrogen (secondary N) is 2. The SMILES string of the molecule is O=C(/C=C/c1c[nH]c2ncc(Cl)cc12)NCC1C=CC=C(F)C1. The Labute approximate surface area is 137 Å². The van der Waals surface area contributed by atoms with Gasteiger partial charge in [0, 0.05) is 48.3 Å². The van der Waals surface area contributed by atoms with E-state index < -0.39 is 0 Å². The molecule has 0 radical (unpaired) electrons. The first-order chi connectivity index (χ1) is 11.1. The molecule has 3 rings (SSSR count). The first kappa shape index (κ1) is 15.5. The Morgan fingerprint density at radius 1 is 1.57 bits per heavy atom. The average Bonchev–Trinajstić information content (AvgIpc) is 2.93. The Hall–Kier alpha value is -2.40. The van der Waals surface area contributed by atoms with E-state index in [0.29, 0.717) is 23.6 Å². The van der Waals surface area contributed by atoms with Gasteiger partial charge in [-0.2, -0.15) is 0 Å². The Balaban J connectivity index is 1.60. The van der Waals surface area contributed by atoms with Gasteiger partial charge in [0.15, 0.2) is 0 Å². The van der Waals surface area contributed by atoms with Gasteiger partial charge in [0.25, 0.3) is 0 Å². The molecule has 6 heteroatoms. The standard InChI is InChI=1S/C17H15ClFN3O/c18-13-7-15-12(9-21-17(15)22-10-13)4-5-16(23)20-8-11-2-1-3-14(19)6-11/h1-5,7,9-11H,6,8H2,(H,20,23)(H,21,22)/b5-4+. The van der Waals surface area contributed by atoms with E-state index in [1.54, 1.807) is 30.6 Å². The highest BCUT2D eigenvalue weighted by atomic mass is 35.5. The summed E-state index contributed by atoms with van der Waals surface area (Å²) >= 11 is 5.94. The van der Waals surface area contributed by atoms with E-state index in [1.165, 1.54) is 12.2 Å². The van der Waals surface area contributed by atoms with E-state index in [0.717, 1.165) is 10.9 Å². The summed E-state index contributed by atoms with van der Waals surface area (Å²) < 4.78 is 13.1. The van der Waals surface area contributed by atoms with E-state index in [4.69, 9.17) is 11.6 Å². The van der Waals surface area contributed by atoms with E-state index in [1.807, 2.05) is 6.08 Å². The van der Waals surface area contributed by atoms with Crippen LogP contribution in [0.2, 0.25) is 5.02 Å². The summed E-state index contributed by atoms with van der Waals surface area (Å²) in [7, 11) is 0. The van der Waals surface area contributed by atoms with Gasteiger partial charge in [0.2, 0.25) is 5.91 Å². The molecule has 0 aliphatic heterocycles. The zero-order valence-corrected chi connectivity index (χ0v) is 13.0. The second-order valence-electron chi connectivity index (χ2n) is 5.33. The first-order valence-electron chi connectivity index (χ1n) is 7.23. The lowest BCUT2D eigenvalue weighted by atomic mass is 10.00. The minimum absolute atomic E-state index is 0.00607. The monoisotopic (exact) mass is 331 g/mol. The molecule has 118 valence electrons. The summed E-state index contributed by atoms with van der Waals surface area (Å²) in [4.78, 5) is 19.1. The number of carbonyl (C=O) groups excluding carboxylic acids is 1. The number of fused-ring (bicyclic) bond motifs is 1. The van der Waals surface area contributed by atoms with Crippen molar-refractivity contribution in [3.8, 4) is 0 Å². The van der Waals surface area contributed by atoms with Crippen LogP contribution in [0.4, 0.5) is 4.39 Å². The van der Waals surface area contributed by atoms with Gasteiger partial charge < -0.3 is 10.3 Å². The number of amides is 1.